The van der Waals surface area contributed by atoms with E-state index in [4.69, 9.17) is 0 Å². The Labute approximate surface area is 217 Å². The van der Waals surface area contributed by atoms with Gasteiger partial charge in [-0.1, -0.05) is 0 Å². The molecule has 1 nitrogen and oxygen atoms in total. The van der Waals surface area contributed by atoms with Gasteiger partial charge in [0, 0.05) is 0 Å². The zero-order chi connectivity index (χ0) is 23.0. The molecule has 0 aromatic heterocycles. The van der Waals surface area contributed by atoms with Crippen LogP contribution in [0.25, 0.3) is 22.3 Å². The van der Waals surface area contributed by atoms with E-state index >= 15 is 0 Å². The van der Waals surface area contributed by atoms with Gasteiger partial charge in [0.25, 0.3) is 0 Å². The van der Waals surface area contributed by atoms with Gasteiger partial charge in [0.15, 0.2) is 0 Å². The van der Waals surface area contributed by atoms with Crippen molar-refractivity contribution in [2.24, 2.45) is 0 Å². The number of allylic oxidation sites excluding steroid dienone is 1. The molecule has 4 aromatic rings. The molecule has 0 fully saturated rings. The second-order valence-electron chi connectivity index (χ2n) is 9.91. The Morgan fingerprint density at radius 1 is 0.735 bits per heavy atom. The predicted molar refractivity (Wildman–Crippen MR) is 138 cm³/mol. The van der Waals surface area contributed by atoms with Gasteiger partial charge in [-0.2, -0.15) is 0 Å². The van der Waals surface area contributed by atoms with Crippen LogP contribution in [0.1, 0.15) is 58.2 Å². The first kappa shape index (κ1) is 20.7. The molecular weight excluding hydrogens is 490 g/mol. The van der Waals surface area contributed by atoms with E-state index < -0.39 is 0 Å². The van der Waals surface area contributed by atoms with E-state index in [0.717, 1.165) is 12.8 Å². The monoisotopic (exact) mass is 514 g/mol. The standard InChI is InChI=1S/C32H26N.Zr/c1-20-15-18-30-29(19-20)31-27(25-13-7-8-14-28(25)32(31)33(30)2)17-16-26-23-11-5-3-9-21(23)22-10-4-6-12-24(22)26;/h3-15,18,26,32H,16-17H2,1-2H3;. The first-order valence-corrected chi connectivity index (χ1v) is 13.5. The molecule has 0 bridgehead atoms. The summed E-state index contributed by atoms with van der Waals surface area (Å²) in [7, 11) is 2.28. The number of anilines is 1. The number of benzene rings is 4. The van der Waals surface area contributed by atoms with Gasteiger partial charge < -0.3 is 0 Å². The van der Waals surface area contributed by atoms with Crippen molar-refractivity contribution < 1.29 is 24.7 Å². The van der Waals surface area contributed by atoms with Gasteiger partial charge in [-0.15, -0.1) is 0 Å². The summed E-state index contributed by atoms with van der Waals surface area (Å²) in [6.45, 7) is 2.27. The Morgan fingerprint density at radius 3 is 2.00 bits per heavy atom. The van der Waals surface area contributed by atoms with Crippen LogP contribution < -0.4 is 8.17 Å². The van der Waals surface area contributed by atoms with Crippen molar-refractivity contribution in [1.82, 2.24) is 0 Å². The Hall–Kier alpha value is -2.70. The fraction of sp³-hybridized carbons (Fsp3) is 0.188. The van der Waals surface area contributed by atoms with E-state index in [-0.39, 0.29) is 0 Å². The van der Waals surface area contributed by atoms with Gasteiger partial charge >= 0.3 is 218 Å². The molecule has 1 aliphatic heterocycles. The topological polar surface area (TPSA) is 3.24 Å². The number of hydrogen-bond acceptors (Lipinski definition) is 1. The summed E-state index contributed by atoms with van der Waals surface area (Å²) >= 11 is 1.51. The van der Waals surface area contributed by atoms with E-state index in [1.165, 1.54) is 78.2 Å². The molecule has 0 saturated heterocycles. The molecule has 0 N–H and O–H groups in total. The number of fused-ring (bicyclic) bond motifs is 8. The van der Waals surface area contributed by atoms with E-state index in [1.807, 2.05) is 0 Å². The molecule has 163 valence electrons. The predicted octanol–water partition coefficient (Wildman–Crippen LogP) is 7.18. The molecule has 2 heteroatoms. The normalized spacial score (nSPS) is 17.4. The van der Waals surface area contributed by atoms with E-state index in [1.54, 1.807) is 11.1 Å². The maximum absolute atomic E-state index is 2.52. The molecular formula is C32H26NZr. The second-order valence-corrected chi connectivity index (χ2v) is 11.1. The average molecular weight is 516 g/mol. The number of hydrogen-bond donors (Lipinski definition) is 0. The van der Waals surface area contributed by atoms with Crippen molar-refractivity contribution in [3.8, 4) is 11.1 Å². The number of nitrogens with zero attached hydrogens (tertiary/aromatic N) is 1. The Bertz CT molecular complexity index is 1470. The van der Waals surface area contributed by atoms with Crippen molar-refractivity contribution in [2.45, 2.75) is 31.7 Å². The molecule has 1 heterocycles. The zero-order valence-electron chi connectivity index (χ0n) is 19.6. The van der Waals surface area contributed by atoms with Crippen LogP contribution in [0.5, 0.6) is 0 Å². The second kappa shape index (κ2) is 7.65. The van der Waals surface area contributed by atoms with E-state index in [0.29, 0.717) is 12.0 Å². The van der Waals surface area contributed by atoms with Gasteiger partial charge in [0.05, 0.1) is 0 Å². The molecule has 1 unspecified atom stereocenters. The summed E-state index contributed by atoms with van der Waals surface area (Å²) in [5.74, 6) is 0.468. The molecule has 3 aliphatic rings. The number of rotatable bonds is 3. The van der Waals surface area contributed by atoms with Crippen LogP contribution in [0.15, 0.2) is 84.9 Å². The van der Waals surface area contributed by atoms with Crippen LogP contribution in [0.3, 0.4) is 0 Å². The van der Waals surface area contributed by atoms with Gasteiger partial charge in [0.1, 0.15) is 0 Å². The molecule has 0 radical (unpaired) electrons. The quantitative estimate of drug-likeness (QED) is 0.279. The fourth-order valence-corrected chi connectivity index (χ4v) is 7.55. The van der Waals surface area contributed by atoms with Crippen molar-refractivity contribution in [3.63, 3.8) is 0 Å². The first-order chi connectivity index (χ1) is 16.6. The van der Waals surface area contributed by atoms with Crippen LogP contribution in [0, 0.1) is 6.92 Å². The van der Waals surface area contributed by atoms with E-state index in [9.17, 15) is 0 Å². The zero-order valence-corrected chi connectivity index (χ0v) is 22.1. The van der Waals surface area contributed by atoms with Gasteiger partial charge in [-0.05, 0) is 0 Å². The third-order valence-electron chi connectivity index (χ3n) is 8.25. The Kier molecular flexibility index (Phi) is 4.65. The molecule has 1 atom stereocenters. The molecule has 0 spiro atoms. The van der Waals surface area contributed by atoms with Crippen LogP contribution >= 0.6 is 0 Å². The molecule has 0 saturated carbocycles. The van der Waals surface area contributed by atoms with Crippen molar-refractivity contribution in [2.75, 3.05) is 11.9 Å². The van der Waals surface area contributed by atoms with Crippen molar-refractivity contribution in [3.05, 3.63) is 118 Å². The molecule has 34 heavy (non-hydrogen) atoms. The van der Waals surface area contributed by atoms with Crippen molar-refractivity contribution in [1.29, 1.82) is 0 Å². The molecule has 7 rings (SSSR count). The summed E-state index contributed by atoms with van der Waals surface area (Å²) in [4.78, 5) is 2.52. The van der Waals surface area contributed by atoms with Crippen LogP contribution in [0.4, 0.5) is 5.69 Å². The van der Waals surface area contributed by atoms with Crippen LogP contribution in [0.2, 0.25) is 0 Å². The van der Waals surface area contributed by atoms with Gasteiger partial charge in [0.2, 0.25) is 0 Å². The summed E-state index contributed by atoms with van der Waals surface area (Å²) in [5.41, 5.74) is 16.3. The summed E-state index contributed by atoms with van der Waals surface area (Å²) in [5, 5.41) is 0. The third kappa shape index (κ3) is 2.76. The van der Waals surface area contributed by atoms with Crippen molar-refractivity contribution >= 4 is 20.1 Å². The van der Waals surface area contributed by atoms with E-state index in [2.05, 4.69) is 104 Å². The fourth-order valence-electron chi connectivity index (χ4n) is 6.70. The average Bonchev–Trinajstić information content (AvgIpc) is 3.47. The molecule has 4 aromatic carbocycles. The van der Waals surface area contributed by atoms with Crippen LogP contribution in [-0.2, 0) is 24.7 Å². The Balaban J connectivity index is 1.36. The minimum atomic E-state index is 0.352. The molecule has 0 amide bonds. The summed E-state index contributed by atoms with van der Waals surface area (Å²) < 4.78 is 1.52. The summed E-state index contributed by atoms with van der Waals surface area (Å²) in [6.07, 6.45) is 2.25. The summed E-state index contributed by atoms with van der Waals surface area (Å²) in [6, 6.07) is 32.2. The minimum absolute atomic E-state index is 0.352. The van der Waals surface area contributed by atoms with Gasteiger partial charge in [-0.3, -0.25) is 0 Å². The first-order valence-electron chi connectivity index (χ1n) is 12.2. The van der Waals surface area contributed by atoms with Crippen LogP contribution in [-0.4, -0.2) is 7.05 Å². The Morgan fingerprint density at radius 2 is 1.32 bits per heavy atom. The molecule has 2 aliphatic carbocycles. The number of aryl methyl sites for hydroxylation is 1. The van der Waals surface area contributed by atoms with Gasteiger partial charge in [-0.25, -0.2) is 0 Å². The third-order valence-corrected chi connectivity index (χ3v) is 9.84. The SMILES string of the molecule is Cc1ccc2c([c]1[Zr])C1=C(CCC3c4ccccc4-c4ccccc43)c3ccccc3C1N2C. The number of likely N-dealkylation sites (N-methyl/N-ethyl adjacent to an activating group) is 1. The maximum atomic E-state index is 2.52.